The third-order valence-corrected chi connectivity index (χ3v) is 5.39. The van der Waals surface area contributed by atoms with Gasteiger partial charge in [0.15, 0.2) is 11.5 Å². The lowest BCUT2D eigenvalue weighted by Gasteiger charge is -2.19. The third kappa shape index (κ3) is 3.12. The standard InChI is InChI=1S/C18H20N2O3S/c21-18(20-8-1-6-19-7-9-20)17-5-4-16(24-17)13-2-3-14-15(12-13)23-11-10-22-14/h2-5,12,19H,1,6-11H2. The number of benzene rings is 1. The van der Waals surface area contributed by atoms with E-state index >= 15 is 0 Å². The van der Waals surface area contributed by atoms with Crippen LogP contribution in [0.25, 0.3) is 10.4 Å². The van der Waals surface area contributed by atoms with Gasteiger partial charge in [-0.25, -0.2) is 0 Å². The molecule has 0 radical (unpaired) electrons. The van der Waals surface area contributed by atoms with Crippen molar-refractivity contribution in [2.45, 2.75) is 6.42 Å². The van der Waals surface area contributed by atoms with Crippen LogP contribution in [0.4, 0.5) is 0 Å². The molecule has 0 saturated carbocycles. The Bertz CT molecular complexity index is 736. The highest BCUT2D eigenvalue weighted by Crippen LogP contribution is 2.37. The third-order valence-electron chi connectivity index (χ3n) is 4.27. The van der Waals surface area contributed by atoms with Gasteiger partial charge in [0.1, 0.15) is 13.2 Å². The van der Waals surface area contributed by atoms with Gasteiger partial charge in [0.25, 0.3) is 5.91 Å². The molecular weight excluding hydrogens is 324 g/mol. The summed E-state index contributed by atoms with van der Waals surface area (Å²) >= 11 is 1.54. The molecule has 1 fully saturated rings. The highest BCUT2D eigenvalue weighted by Gasteiger charge is 2.20. The molecule has 1 aromatic heterocycles. The fraction of sp³-hybridized carbons (Fsp3) is 0.389. The van der Waals surface area contributed by atoms with Gasteiger partial charge in [-0.1, -0.05) is 0 Å². The molecule has 126 valence electrons. The maximum absolute atomic E-state index is 12.7. The second kappa shape index (κ2) is 6.83. The van der Waals surface area contributed by atoms with Gasteiger partial charge in [-0.15, -0.1) is 11.3 Å². The van der Waals surface area contributed by atoms with Crippen molar-refractivity contribution in [3.8, 4) is 21.9 Å². The number of nitrogens with one attached hydrogen (secondary N) is 1. The van der Waals surface area contributed by atoms with Crippen LogP contribution in [0.1, 0.15) is 16.1 Å². The predicted molar refractivity (Wildman–Crippen MR) is 94.1 cm³/mol. The zero-order valence-electron chi connectivity index (χ0n) is 13.4. The molecule has 1 saturated heterocycles. The molecule has 2 aliphatic rings. The van der Waals surface area contributed by atoms with Crippen LogP contribution in [0.5, 0.6) is 11.5 Å². The van der Waals surface area contributed by atoms with Crippen molar-refractivity contribution in [1.82, 2.24) is 10.2 Å². The Hall–Kier alpha value is -2.05. The van der Waals surface area contributed by atoms with Crippen molar-refractivity contribution in [3.05, 3.63) is 35.2 Å². The largest absolute Gasteiger partial charge is 0.486 e. The van der Waals surface area contributed by atoms with Crippen molar-refractivity contribution in [2.75, 3.05) is 39.4 Å². The molecular formula is C18H20N2O3S. The smallest absolute Gasteiger partial charge is 0.263 e. The summed E-state index contributed by atoms with van der Waals surface area (Å²) in [5.41, 5.74) is 1.06. The SMILES string of the molecule is O=C(c1ccc(-c2ccc3c(c2)OCCO3)s1)N1CCCNCC1. The molecule has 3 heterocycles. The topological polar surface area (TPSA) is 50.8 Å². The minimum atomic E-state index is 0.132. The van der Waals surface area contributed by atoms with Crippen LogP contribution in [0, 0.1) is 0 Å². The molecule has 2 aromatic rings. The summed E-state index contributed by atoms with van der Waals surface area (Å²) < 4.78 is 11.2. The summed E-state index contributed by atoms with van der Waals surface area (Å²) in [6.07, 6.45) is 1.01. The minimum absolute atomic E-state index is 0.132. The van der Waals surface area contributed by atoms with Crippen molar-refractivity contribution in [3.63, 3.8) is 0 Å². The molecule has 0 unspecified atom stereocenters. The first kappa shape index (κ1) is 15.5. The van der Waals surface area contributed by atoms with Gasteiger partial charge in [-0.2, -0.15) is 0 Å². The number of thiophene rings is 1. The van der Waals surface area contributed by atoms with E-state index < -0.39 is 0 Å². The molecule has 0 bridgehead atoms. The van der Waals surface area contributed by atoms with E-state index in [1.165, 1.54) is 11.3 Å². The van der Waals surface area contributed by atoms with Crippen LogP contribution < -0.4 is 14.8 Å². The number of carbonyl (C=O) groups is 1. The van der Waals surface area contributed by atoms with Crippen molar-refractivity contribution in [2.24, 2.45) is 0 Å². The number of hydrogen-bond donors (Lipinski definition) is 1. The molecule has 5 nitrogen and oxygen atoms in total. The molecule has 0 atom stereocenters. The van der Waals surface area contributed by atoms with E-state index in [1.807, 2.05) is 35.2 Å². The monoisotopic (exact) mass is 344 g/mol. The van der Waals surface area contributed by atoms with Crippen LogP contribution in [0.3, 0.4) is 0 Å². The van der Waals surface area contributed by atoms with Crippen LogP contribution >= 0.6 is 11.3 Å². The normalized spacial score (nSPS) is 17.4. The molecule has 6 heteroatoms. The molecule has 1 amide bonds. The van der Waals surface area contributed by atoms with Gasteiger partial charge in [0.2, 0.25) is 0 Å². The number of hydrogen-bond acceptors (Lipinski definition) is 5. The van der Waals surface area contributed by atoms with Crippen molar-refractivity contribution < 1.29 is 14.3 Å². The lowest BCUT2D eigenvalue weighted by atomic mass is 10.1. The highest BCUT2D eigenvalue weighted by atomic mass is 32.1. The minimum Gasteiger partial charge on any atom is -0.486 e. The van der Waals surface area contributed by atoms with E-state index in [-0.39, 0.29) is 5.91 Å². The number of ether oxygens (including phenoxy) is 2. The second-order valence-corrected chi connectivity index (χ2v) is 7.00. The van der Waals surface area contributed by atoms with Crippen LogP contribution in [0.15, 0.2) is 30.3 Å². The van der Waals surface area contributed by atoms with Gasteiger partial charge < -0.3 is 19.7 Å². The highest BCUT2D eigenvalue weighted by molar-refractivity contribution is 7.17. The van der Waals surface area contributed by atoms with Crippen LogP contribution in [-0.4, -0.2) is 50.2 Å². The van der Waals surface area contributed by atoms with E-state index in [9.17, 15) is 4.79 Å². The number of fused-ring (bicyclic) bond motifs is 1. The van der Waals surface area contributed by atoms with Gasteiger partial charge >= 0.3 is 0 Å². The fourth-order valence-electron chi connectivity index (χ4n) is 3.01. The van der Waals surface area contributed by atoms with Gasteiger partial charge in [-0.05, 0) is 48.9 Å². The molecule has 24 heavy (non-hydrogen) atoms. The first-order chi connectivity index (χ1) is 11.8. The molecule has 4 rings (SSSR count). The first-order valence-corrected chi connectivity index (χ1v) is 9.13. The summed E-state index contributed by atoms with van der Waals surface area (Å²) in [5, 5.41) is 3.33. The lowest BCUT2D eigenvalue weighted by molar-refractivity contribution is 0.0771. The van der Waals surface area contributed by atoms with Gasteiger partial charge in [0, 0.05) is 24.5 Å². The van der Waals surface area contributed by atoms with E-state index in [2.05, 4.69) is 5.32 Å². The quantitative estimate of drug-likeness (QED) is 0.910. The Labute approximate surface area is 145 Å². The lowest BCUT2D eigenvalue weighted by Crippen LogP contribution is -2.33. The summed E-state index contributed by atoms with van der Waals surface area (Å²) in [6, 6.07) is 9.89. The number of nitrogens with zero attached hydrogens (tertiary/aromatic N) is 1. The number of carbonyl (C=O) groups excluding carboxylic acids is 1. The Morgan fingerprint density at radius 1 is 1.04 bits per heavy atom. The van der Waals surface area contributed by atoms with Crippen molar-refractivity contribution in [1.29, 1.82) is 0 Å². The molecule has 1 N–H and O–H groups in total. The Morgan fingerprint density at radius 3 is 2.83 bits per heavy atom. The zero-order valence-corrected chi connectivity index (χ0v) is 14.2. The Balaban J connectivity index is 1.55. The van der Waals surface area contributed by atoms with Crippen molar-refractivity contribution >= 4 is 17.2 Å². The summed E-state index contributed by atoms with van der Waals surface area (Å²) in [4.78, 5) is 16.5. The Morgan fingerprint density at radius 2 is 1.92 bits per heavy atom. The van der Waals surface area contributed by atoms with E-state index in [0.29, 0.717) is 13.2 Å². The van der Waals surface area contributed by atoms with Gasteiger partial charge in [-0.3, -0.25) is 4.79 Å². The van der Waals surface area contributed by atoms with Gasteiger partial charge in [0.05, 0.1) is 4.88 Å². The summed E-state index contributed by atoms with van der Waals surface area (Å²) in [7, 11) is 0. The van der Waals surface area contributed by atoms with E-state index in [4.69, 9.17) is 9.47 Å². The van der Waals surface area contributed by atoms with E-state index in [1.54, 1.807) is 0 Å². The predicted octanol–water partition coefficient (Wildman–Crippen LogP) is 2.62. The number of amides is 1. The fourth-order valence-corrected chi connectivity index (χ4v) is 3.98. The number of rotatable bonds is 2. The Kier molecular flexibility index (Phi) is 4.40. The second-order valence-electron chi connectivity index (χ2n) is 5.92. The molecule has 0 spiro atoms. The molecule has 2 aliphatic heterocycles. The molecule has 1 aromatic carbocycles. The first-order valence-electron chi connectivity index (χ1n) is 8.31. The molecule has 0 aliphatic carbocycles. The maximum atomic E-state index is 12.7. The maximum Gasteiger partial charge on any atom is 0.263 e. The summed E-state index contributed by atoms with van der Waals surface area (Å²) in [6.45, 7) is 4.62. The van der Waals surface area contributed by atoms with Crippen LogP contribution in [0.2, 0.25) is 0 Å². The van der Waals surface area contributed by atoms with Crippen LogP contribution in [-0.2, 0) is 0 Å². The average molecular weight is 344 g/mol. The average Bonchev–Trinajstić information content (AvgIpc) is 2.96. The summed E-state index contributed by atoms with van der Waals surface area (Å²) in [5.74, 6) is 1.70. The zero-order chi connectivity index (χ0) is 16.4. The van der Waals surface area contributed by atoms with E-state index in [0.717, 1.165) is 59.4 Å².